The molecule has 0 radical (unpaired) electrons. The van der Waals surface area contributed by atoms with Crippen LogP contribution in [-0.2, 0) is 24.3 Å². The van der Waals surface area contributed by atoms with Crippen molar-refractivity contribution in [1.29, 1.82) is 0 Å². The van der Waals surface area contributed by atoms with Crippen molar-refractivity contribution >= 4 is 28.0 Å². The van der Waals surface area contributed by atoms with Crippen LogP contribution in [0.2, 0.25) is 0 Å². The van der Waals surface area contributed by atoms with E-state index < -0.39 is 40.3 Å². The number of halogens is 1. The minimum Gasteiger partial charge on any atom is -0.481 e. The van der Waals surface area contributed by atoms with Crippen molar-refractivity contribution in [3.05, 3.63) is 47.4 Å². The minimum absolute atomic E-state index is 0.00476. The van der Waals surface area contributed by atoms with Crippen LogP contribution in [0.1, 0.15) is 50.8 Å². The number of hydrogen-bond acceptors (Lipinski definition) is 7. The molecule has 1 aromatic heterocycles. The predicted molar refractivity (Wildman–Crippen MR) is 130 cm³/mol. The van der Waals surface area contributed by atoms with Gasteiger partial charge in [-0.1, -0.05) is 26.0 Å². The smallest absolute Gasteiger partial charge is 0.305 e. The number of aliphatic carboxylic acids is 1. The highest BCUT2D eigenvalue weighted by atomic mass is 32.2. The van der Waals surface area contributed by atoms with Gasteiger partial charge in [-0.05, 0) is 37.1 Å². The summed E-state index contributed by atoms with van der Waals surface area (Å²) in [6, 6.07) is 5.75. The molecule has 0 aliphatic carbocycles. The molecule has 1 aliphatic heterocycles. The molecule has 1 N–H and O–H groups in total. The van der Waals surface area contributed by atoms with Crippen LogP contribution in [0.5, 0.6) is 0 Å². The Balaban J connectivity index is 2.11. The number of rotatable bonds is 8. The summed E-state index contributed by atoms with van der Waals surface area (Å²) in [6.45, 7) is 5.56. The molecule has 0 spiro atoms. The van der Waals surface area contributed by atoms with Crippen molar-refractivity contribution in [2.24, 2.45) is 0 Å². The van der Waals surface area contributed by atoms with Crippen molar-refractivity contribution in [2.75, 3.05) is 17.6 Å². The first-order valence-corrected chi connectivity index (χ1v) is 13.0. The molecule has 2 aromatic rings. The maximum Gasteiger partial charge on any atom is 0.305 e. The third-order valence-corrected chi connectivity index (χ3v) is 6.69. The summed E-state index contributed by atoms with van der Waals surface area (Å²) in [4.78, 5) is 20.2. The van der Waals surface area contributed by atoms with E-state index in [9.17, 15) is 17.6 Å². The van der Waals surface area contributed by atoms with Gasteiger partial charge in [-0.15, -0.1) is 0 Å². The van der Waals surface area contributed by atoms with Gasteiger partial charge in [-0.2, -0.15) is 0 Å². The number of sulfonamides is 1. The third-order valence-electron chi connectivity index (χ3n) is 5.53. The summed E-state index contributed by atoms with van der Waals surface area (Å²) >= 11 is 0. The Hall–Kier alpha value is -2.89. The van der Waals surface area contributed by atoms with Gasteiger partial charge in [0.25, 0.3) is 0 Å². The lowest BCUT2D eigenvalue weighted by Crippen LogP contribution is -2.36. The van der Waals surface area contributed by atoms with Gasteiger partial charge in [0, 0.05) is 24.6 Å². The molecule has 1 saturated heterocycles. The zero-order chi connectivity index (χ0) is 25.9. The molecular formula is C24H30FN3O6S. The van der Waals surface area contributed by atoms with E-state index in [1.165, 1.54) is 19.2 Å². The molecule has 0 saturated carbocycles. The molecule has 3 rings (SSSR count). The van der Waals surface area contributed by atoms with Crippen molar-refractivity contribution < 1.29 is 32.2 Å². The van der Waals surface area contributed by atoms with Crippen LogP contribution in [-0.4, -0.2) is 61.3 Å². The molecule has 0 bridgehead atoms. The van der Waals surface area contributed by atoms with Crippen LogP contribution in [0.25, 0.3) is 17.3 Å². The zero-order valence-electron chi connectivity index (χ0n) is 20.3. The van der Waals surface area contributed by atoms with E-state index in [1.807, 2.05) is 13.8 Å². The Morgan fingerprint density at radius 2 is 1.91 bits per heavy atom. The van der Waals surface area contributed by atoms with E-state index in [0.717, 1.165) is 10.6 Å². The Bertz CT molecular complexity index is 1200. The normalized spacial score (nSPS) is 20.9. The summed E-state index contributed by atoms with van der Waals surface area (Å²) < 4.78 is 50.3. The number of carbonyl (C=O) groups is 1. The van der Waals surface area contributed by atoms with Crippen molar-refractivity contribution in [3.63, 3.8) is 0 Å². The van der Waals surface area contributed by atoms with Crippen LogP contribution in [0.4, 0.5) is 10.3 Å². The topological polar surface area (TPSA) is 119 Å². The number of hydrogen-bond donors (Lipinski definition) is 1. The van der Waals surface area contributed by atoms with Gasteiger partial charge in [0.1, 0.15) is 5.82 Å². The van der Waals surface area contributed by atoms with Gasteiger partial charge in [-0.25, -0.2) is 27.1 Å². The highest BCUT2D eigenvalue weighted by Gasteiger charge is 2.28. The van der Waals surface area contributed by atoms with Gasteiger partial charge in [0.05, 0.1) is 36.3 Å². The summed E-state index contributed by atoms with van der Waals surface area (Å²) in [6.07, 6.45) is 3.39. The third kappa shape index (κ3) is 6.83. The van der Waals surface area contributed by atoms with Gasteiger partial charge in [-0.3, -0.25) is 4.79 Å². The monoisotopic (exact) mass is 507 g/mol. The predicted octanol–water partition coefficient (Wildman–Crippen LogP) is 3.81. The van der Waals surface area contributed by atoms with Crippen molar-refractivity contribution in [3.8, 4) is 11.3 Å². The molecular weight excluding hydrogens is 477 g/mol. The molecule has 11 heteroatoms. The first-order chi connectivity index (χ1) is 16.3. The largest absolute Gasteiger partial charge is 0.481 e. The molecule has 190 valence electrons. The number of ether oxygens (including phenoxy) is 2. The molecule has 1 fully saturated rings. The molecule has 1 aliphatic rings. The van der Waals surface area contributed by atoms with E-state index in [0.29, 0.717) is 28.9 Å². The summed E-state index contributed by atoms with van der Waals surface area (Å²) in [5.74, 6) is -1.46. The Morgan fingerprint density at radius 3 is 2.49 bits per heavy atom. The Kier molecular flexibility index (Phi) is 8.24. The number of benzene rings is 1. The quantitative estimate of drug-likeness (QED) is 0.573. The maximum atomic E-state index is 13.6. The van der Waals surface area contributed by atoms with Crippen LogP contribution < -0.4 is 4.31 Å². The van der Waals surface area contributed by atoms with E-state index in [-0.39, 0.29) is 18.3 Å². The van der Waals surface area contributed by atoms with Gasteiger partial charge < -0.3 is 14.6 Å². The fraction of sp³-hybridized carbons (Fsp3) is 0.458. The molecule has 35 heavy (non-hydrogen) atoms. The SMILES string of the molecule is CC1O[C@@H](CC(=O)O)C[C@@H](/C=C/c2c(-c3ccc(F)cc3)nc(N(C)S(C)(=O)=O)nc2C(C)C)O1. The molecule has 3 atom stereocenters. The second kappa shape index (κ2) is 10.8. The molecule has 1 unspecified atom stereocenters. The van der Waals surface area contributed by atoms with Gasteiger partial charge in [0.15, 0.2) is 6.29 Å². The van der Waals surface area contributed by atoms with Crippen LogP contribution in [0, 0.1) is 5.82 Å². The molecule has 0 amide bonds. The lowest BCUT2D eigenvalue weighted by molar-refractivity contribution is -0.224. The number of anilines is 1. The maximum absolute atomic E-state index is 13.6. The first-order valence-electron chi connectivity index (χ1n) is 11.2. The average molecular weight is 508 g/mol. The highest BCUT2D eigenvalue weighted by Crippen LogP contribution is 2.32. The summed E-state index contributed by atoms with van der Waals surface area (Å²) in [5.41, 5.74) is 2.26. The number of aromatic nitrogens is 2. The molecule has 2 heterocycles. The molecule has 9 nitrogen and oxygen atoms in total. The van der Waals surface area contributed by atoms with E-state index >= 15 is 0 Å². The minimum atomic E-state index is -3.62. The van der Waals surface area contributed by atoms with Crippen molar-refractivity contribution in [2.45, 2.75) is 58.0 Å². The van der Waals surface area contributed by atoms with Crippen LogP contribution in [0.3, 0.4) is 0 Å². The summed E-state index contributed by atoms with van der Waals surface area (Å²) in [5, 5.41) is 9.12. The van der Waals surface area contributed by atoms with E-state index in [4.69, 9.17) is 14.6 Å². The second-order valence-corrected chi connectivity index (χ2v) is 10.8. The second-order valence-electron chi connectivity index (χ2n) is 8.76. The lowest BCUT2D eigenvalue weighted by Gasteiger charge is -2.32. The van der Waals surface area contributed by atoms with E-state index in [2.05, 4.69) is 9.97 Å². The summed E-state index contributed by atoms with van der Waals surface area (Å²) in [7, 11) is -2.25. The fourth-order valence-corrected chi connectivity index (χ4v) is 4.15. The Labute approximate surface area is 204 Å². The molecule has 1 aromatic carbocycles. The Morgan fingerprint density at radius 1 is 1.26 bits per heavy atom. The highest BCUT2D eigenvalue weighted by molar-refractivity contribution is 7.92. The number of carboxylic acid groups (broad SMARTS) is 1. The first kappa shape index (κ1) is 26.7. The number of carboxylic acids is 1. The van der Waals surface area contributed by atoms with Gasteiger partial charge >= 0.3 is 5.97 Å². The standard InChI is InChI=1S/C24H30FN3O6S/c1-14(2)22-20(11-10-18-12-19(13-21(29)30)34-15(3)33-18)23(16-6-8-17(25)9-7-16)27-24(26-22)28(4)35(5,31)32/h6-11,14-15,18-19H,12-13H2,1-5H3,(H,29,30)/b11-10+/t15?,18-,19-/m1/s1. The van der Waals surface area contributed by atoms with Crippen LogP contribution >= 0.6 is 0 Å². The average Bonchev–Trinajstić information content (AvgIpc) is 2.75. The van der Waals surface area contributed by atoms with E-state index in [1.54, 1.807) is 31.2 Å². The number of nitrogens with zero attached hydrogens (tertiary/aromatic N) is 3. The zero-order valence-corrected chi connectivity index (χ0v) is 21.1. The fourth-order valence-electron chi connectivity index (χ4n) is 3.77. The lowest BCUT2D eigenvalue weighted by atomic mass is 9.97. The van der Waals surface area contributed by atoms with Crippen molar-refractivity contribution in [1.82, 2.24) is 9.97 Å². The van der Waals surface area contributed by atoms with Crippen LogP contribution in [0.15, 0.2) is 30.3 Å². The van der Waals surface area contributed by atoms with Gasteiger partial charge in [0.2, 0.25) is 16.0 Å².